The third-order valence-corrected chi connectivity index (χ3v) is 2.81. The number of phenols is 1. The lowest BCUT2D eigenvalue weighted by Crippen LogP contribution is -1.97. The molecule has 0 spiro atoms. The Morgan fingerprint density at radius 2 is 1.71 bits per heavy atom. The quantitative estimate of drug-likeness (QED) is 0.295. The number of para-hydroxylation sites is 1. The Balaban J connectivity index is 2.26. The standard InChI is InChI=1S/C15H11NO5/c17-13-4-2-1-3-12(13)15(19)9-14(18)10-5-7-11(8-6-10)16(20)21/h1-9,17-18H. The van der Waals surface area contributed by atoms with Gasteiger partial charge in [-0.2, -0.15) is 0 Å². The van der Waals surface area contributed by atoms with Crippen LogP contribution in [0.25, 0.3) is 5.76 Å². The predicted molar refractivity (Wildman–Crippen MR) is 76.1 cm³/mol. The van der Waals surface area contributed by atoms with Gasteiger partial charge in [-0.15, -0.1) is 0 Å². The fourth-order valence-corrected chi connectivity index (χ4v) is 1.72. The van der Waals surface area contributed by atoms with Gasteiger partial charge in [-0.05, 0) is 24.3 Å². The summed E-state index contributed by atoms with van der Waals surface area (Å²) in [7, 11) is 0. The number of benzene rings is 2. The lowest BCUT2D eigenvalue weighted by molar-refractivity contribution is -0.384. The Bertz CT molecular complexity index is 719. The highest BCUT2D eigenvalue weighted by molar-refractivity contribution is 6.09. The molecule has 2 N–H and O–H groups in total. The van der Waals surface area contributed by atoms with E-state index in [2.05, 4.69) is 0 Å². The van der Waals surface area contributed by atoms with Gasteiger partial charge in [-0.1, -0.05) is 12.1 Å². The highest BCUT2D eigenvalue weighted by atomic mass is 16.6. The maximum absolute atomic E-state index is 11.9. The molecular weight excluding hydrogens is 274 g/mol. The maximum atomic E-state index is 11.9. The van der Waals surface area contributed by atoms with Gasteiger partial charge in [0, 0.05) is 23.8 Å². The van der Waals surface area contributed by atoms with Crippen LogP contribution in [0.2, 0.25) is 0 Å². The second-order valence-electron chi connectivity index (χ2n) is 4.21. The Hall–Kier alpha value is -3.15. The van der Waals surface area contributed by atoms with Crippen LogP contribution >= 0.6 is 0 Å². The molecule has 106 valence electrons. The molecule has 0 saturated heterocycles. The van der Waals surface area contributed by atoms with Crippen LogP contribution in [0.1, 0.15) is 15.9 Å². The minimum atomic E-state index is -0.566. The molecule has 0 unspecified atom stereocenters. The number of nitro benzene ring substituents is 1. The van der Waals surface area contributed by atoms with Crippen LogP contribution in [0.4, 0.5) is 5.69 Å². The molecule has 2 aromatic carbocycles. The molecule has 0 aromatic heterocycles. The summed E-state index contributed by atoms with van der Waals surface area (Å²) in [5.74, 6) is -1.09. The largest absolute Gasteiger partial charge is 0.507 e. The molecule has 6 nitrogen and oxygen atoms in total. The summed E-state index contributed by atoms with van der Waals surface area (Å²) < 4.78 is 0. The van der Waals surface area contributed by atoms with Crippen molar-refractivity contribution in [3.8, 4) is 5.75 Å². The van der Waals surface area contributed by atoms with Crippen molar-refractivity contribution in [1.29, 1.82) is 0 Å². The number of aliphatic hydroxyl groups is 1. The number of carbonyl (C=O) groups excluding carboxylic acids is 1. The number of hydrogen-bond donors (Lipinski definition) is 2. The summed E-state index contributed by atoms with van der Waals surface area (Å²) in [5.41, 5.74) is 0.217. The second kappa shape index (κ2) is 5.87. The van der Waals surface area contributed by atoms with Crippen LogP contribution in [0.3, 0.4) is 0 Å². The van der Waals surface area contributed by atoms with Gasteiger partial charge in [0.2, 0.25) is 0 Å². The molecule has 0 radical (unpaired) electrons. The summed E-state index contributed by atoms with van der Waals surface area (Å²) in [4.78, 5) is 21.9. The molecule has 0 bridgehead atoms. The molecule has 2 rings (SSSR count). The van der Waals surface area contributed by atoms with Gasteiger partial charge in [-0.3, -0.25) is 14.9 Å². The minimum Gasteiger partial charge on any atom is -0.507 e. The van der Waals surface area contributed by atoms with Crippen molar-refractivity contribution in [3.63, 3.8) is 0 Å². The molecule has 0 aliphatic carbocycles. The molecule has 6 heteroatoms. The van der Waals surface area contributed by atoms with E-state index >= 15 is 0 Å². The van der Waals surface area contributed by atoms with Crippen molar-refractivity contribution in [2.75, 3.05) is 0 Å². The third kappa shape index (κ3) is 3.24. The number of non-ortho nitro benzene ring substituents is 1. The first-order valence-electron chi connectivity index (χ1n) is 5.97. The minimum absolute atomic E-state index is 0.0611. The first kappa shape index (κ1) is 14.3. The van der Waals surface area contributed by atoms with E-state index < -0.39 is 10.7 Å². The smallest absolute Gasteiger partial charge is 0.269 e. The van der Waals surface area contributed by atoms with Gasteiger partial charge >= 0.3 is 0 Å². The number of carbonyl (C=O) groups is 1. The molecule has 0 heterocycles. The summed E-state index contributed by atoms with van der Waals surface area (Å²) in [6.07, 6.45) is 0.955. The highest BCUT2D eigenvalue weighted by Crippen LogP contribution is 2.20. The van der Waals surface area contributed by atoms with Crippen molar-refractivity contribution in [3.05, 3.63) is 75.8 Å². The van der Waals surface area contributed by atoms with E-state index in [0.29, 0.717) is 0 Å². The van der Waals surface area contributed by atoms with Crippen LogP contribution in [0.5, 0.6) is 5.75 Å². The van der Waals surface area contributed by atoms with E-state index in [4.69, 9.17) is 0 Å². The second-order valence-corrected chi connectivity index (χ2v) is 4.21. The number of aromatic hydroxyl groups is 1. The number of rotatable bonds is 4. The SMILES string of the molecule is O=C(C=C(O)c1ccc([N+](=O)[O-])cc1)c1ccccc1O. The fourth-order valence-electron chi connectivity index (χ4n) is 1.72. The zero-order valence-electron chi connectivity index (χ0n) is 10.8. The lowest BCUT2D eigenvalue weighted by Gasteiger charge is -2.02. The monoisotopic (exact) mass is 285 g/mol. The number of nitrogens with zero attached hydrogens (tertiary/aromatic N) is 1. The van der Waals surface area contributed by atoms with Crippen molar-refractivity contribution in [2.45, 2.75) is 0 Å². The Morgan fingerprint density at radius 1 is 1.10 bits per heavy atom. The third-order valence-electron chi connectivity index (χ3n) is 2.81. The van der Waals surface area contributed by atoms with Crippen LogP contribution in [0.15, 0.2) is 54.6 Å². The first-order chi connectivity index (χ1) is 9.99. The number of ketones is 1. The highest BCUT2D eigenvalue weighted by Gasteiger charge is 2.11. The van der Waals surface area contributed by atoms with Crippen LogP contribution in [-0.4, -0.2) is 20.9 Å². The molecule has 0 fully saturated rings. The summed E-state index contributed by atoms with van der Waals surface area (Å²) in [5, 5.41) is 29.9. The lowest BCUT2D eigenvalue weighted by atomic mass is 10.1. The Kier molecular flexibility index (Phi) is 3.99. The molecule has 0 saturated carbocycles. The number of allylic oxidation sites excluding steroid dienone is 1. The van der Waals surface area contributed by atoms with Crippen LogP contribution in [-0.2, 0) is 0 Å². The van der Waals surface area contributed by atoms with E-state index in [1.807, 2.05) is 0 Å². The fraction of sp³-hybridized carbons (Fsp3) is 0. The average molecular weight is 285 g/mol. The zero-order valence-corrected chi connectivity index (χ0v) is 10.8. The van der Waals surface area contributed by atoms with E-state index in [1.165, 1.54) is 36.4 Å². The van der Waals surface area contributed by atoms with Crippen LogP contribution < -0.4 is 0 Å². The first-order valence-corrected chi connectivity index (χ1v) is 5.97. The number of aliphatic hydroxyl groups excluding tert-OH is 1. The average Bonchev–Trinajstić information content (AvgIpc) is 2.47. The summed E-state index contributed by atoms with van der Waals surface area (Å²) in [6.45, 7) is 0. The molecule has 2 aromatic rings. The van der Waals surface area contributed by atoms with Crippen molar-refractivity contribution >= 4 is 17.2 Å². The molecule has 0 atom stereocenters. The van der Waals surface area contributed by atoms with Crippen molar-refractivity contribution in [2.24, 2.45) is 0 Å². The van der Waals surface area contributed by atoms with Crippen LogP contribution in [0, 0.1) is 10.1 Å². The molecule has 0 aliphatic heterocycles. The van der Waals surface area contributed by atoms with E-state index in [-0.39, 0.29) is 28.3 Å². The topological polar surface area (TPSA) is 101 Å². The van der Waals surface area contributed by atoms with Gasteiger partial charge in [0.05, 0.1) is 10.5 Å². The number of nitro groups is 1. The molecule has 0 amide bonds. The van der Waals surface area contributed by atoms with Gasteiger partial charge in [0.25, 0.3) is 5.69 Å². The predicted octanol–water partition coefficient (Wildman–Crippen LogP) is 3.08. The number of hydrogen-bond acceptors (Lipinski definition) is 5. The van der Waals surface area contributed by atoms with Gasteiger partial charge < -0.3 is 10.2 Å². The van der Waals surface area contributed by atoms with Gasteiger partial charge in [-0.25, -0.2) is 0 Å². The maximum Gasteiger partial charge on any atom is 0.269 e. The summed E-state index contributed by atoms with van der Waals surface area (Å²) in [6, 6.07) is 11.1. The van der Waals surface area contributed by atoms with Gasteiger partial charge in [0.1, 0.15) is 11.5 Å². The van der Waals surface area contributed by atoms with Crippen molar-refractivity contribution in [1.82, 2.24) is 0 Å². The summed E-state index contributed by atoms with van der Waals surface area (Å²) >= 11 is 0. The molecule has 21 heavy (non-hydrogen) atoms. The molecule has 0 aliphatic rings. The number of phenolic OH excluding ortho intramolecular Hbond substituents is 1. The van der Waals surface area contributed by atoms with Gasteiger partial charge in [0.15, 0.2) is 5.78 Å². The molecular formula is C15H11NO5. The van der Waals surface area contributed by atoms with E-state index in [1.54, 1.807) is 12.1 Å². The zero-order chi connectivity index (χ0) is 15.4. The van der Waals surface area contributed by atoms with E-state index in [9.17, 15) is 25.1 Å². The Morgan fingerprint density at radius 3 is 2.29 bits per heavy atom. The van der Waals surface area contributed by atoms with E-state index in [0.717, 1.165) is 6.08 Å². The normalized spacial score (nSPS) is 11.1. The Labute approximate surface area is 119 Å². The van der Waals surface area contributed by atoms with Crippen molar-refractivity contribution < 1.29 is 19.9 Å².